The van der Waals surface area contributed by atoms with E-state index in [0.717, 1.165) is 17.7 Å². The van der Waals surface area contributed by atoms with Crippen LogP contribution < -0.4 is 14.8 Å². The van der Waals surface area contributed by atoms with Gasteiger partial charge in [0.15, 0.2) is 11.5 Å². The fourth-order valence-corrected chi connectivity index (χ4v) is 2.94. The number of nitrogens with one attached hydrogen (secondary N) is 1. The molecule has 2 aromatic carbocycles. The van der Waals surface area contributed by atoms with Gasteiger partial charge < -0.3 is 14.8 Å². The Kier molecular flexibility index (Phi) is 7.75. The summed E-state index contributed by atoms with van der Waals surface area (Å²) in [6.07, 6.45) is -4.63. The summed E-state index contributed by atoms with van der Waals surface area (Å²) < 4.78 is 50.0. The van der Waals surface area contributed by atoms with Crippen LogP contribution in [0.2, 0.25) is 5.02 Å². The lowest BCUT2D eigenvalue weighted by Crippen LogP contribution is -2.33. The van der Waals surface area contributed by atoms with Crippen molar-refractivity contribution in [1.82, 2.24) is 4.90 Å². The highest BCUT2D eigenvalue weighted by atomic mass is 35.5. The summed E-state index contributed by atoms with van der Waals surface area (Å²) >= 11 is 5.66. The van der Waals surface area contributed by atoms with E-state index in [1.165, 1.54) is 20.3 Å². The molecule has 5 nitrogen and oxygen atoms in total. The molecule has 0 radical (unpaired) electrons. The number of alkyl halides is 3. The van der Waals surface area contributed by atoms with Gasteiger partial charge in [-0.3, -0.25) is 9.69 Å². The highest BCUT2D eigenvalue weighted by Gasteiger charge is 2.34. The van der Waals surface area contributed by atoms with Crippen molar-refractivity contribution in [3.8, 4) is 11.5 Å². The number of methoxy groups -OCH3 is 2. The van der Waals surface area contributed by atoms with E-state index in [-0.39, 0.29) is 17.3 Å². The zero-order valence-corrected chi connectivity index (χ0v) is 17.0. The van der Waals surface area contributed by atoms with E-state index >= 15 is 0 Å². The van der Waals surface area contributed by atoms with E-state index < -0.39 is 17.6 Å². The quantitative estimate of drug-likeness (QED) is 0.651. The van der Waals surface area contributed by atoms with Gasteiger partial charge in [0.25, 0.3) is 0 Å². The second-order valence-electron chi connectivity index (χ2n) is 6.23. The molecule has 0 atom stereocenters. The van der Waals surface area contributed by atoms with Crippen molar-refractivity contribution >= 4 is 23.2 Å². The lowest BCUT2D eigenvalue weighted by Gasteiger charge is -2.21. The minimum absolute atomic E-state index is 0.0565. The molecule has 0 saturated heterocycles. The highest BCUT2D eigenvalue weighted by molar-refractivity contribution is 6.30. The van der Waals surface area contributed by atoms with E-state index in [0.29, 0.717) is 24.6 Å². The van der Waals surface area contributed by atoms with Gasteiger partial charge in [-0.2, -0.15) is 13.2 Å². The van der Waals surface area contributed by atoms with Gasteiger partial charge in [0.2, 0.25) is 5.91 Å². The van der Waals surface area contributed by atoms with Crippen molar-refractivity contribution in [2.24, 2.45) is 0 Å². The zero-order valence-electron chi connectivity index (χ0n) is 16.3. The summed E-state index contributed by atoms with van der Waals surface area (Å²) in [5.41, 5.74) is -0.435. The van der Waals surface area contributed by atoms with Crippen LogP contribution in [-0.2, 0) is 17.5 Å². The SMILES string of the molecule is CCN(CC(=O)Nc1ccc(Cl)cc1C(F)(F)F)Cc1ccc(OC)c(OC)c1. The van der Waals surface area contributed by atoms with Gasteiger partial charge in [0.05, 0.1) is 32.0 Å². The van der Waals surface area contributed by atoms with Crippen LogP contribution in [0.25, 0.3) is 0 Å². The van der Waals surface area contributed by atoms with Gasteiger partial charge in [-0.25, -0.2) is 0 Å². The van der Waals surface area contributed by atoms with Gasteiger partial charge >= 0.3 is 6.18 Å². The number of halogens is 4. The van der Waals surface area contributed by atoms with Crippen LogP contribution in [0.4, 0.5) is 18.9 Å². The Hall–Kier alpha value is -2.45. The normalized spacial score (nSPS) is 11.4. The Labute approximate surface area is 172 Å². The van der Waals surface area contributed by atoms with E-state index in [1.54, 1.807) is 17.0 Å². The third-order valence-electron chi connectivity index (χ3n) is 4.23. The molecule has 0 heterocycles. The third kappa shape index (κ3) is 6.27. The van der Waals surface area contributed by atoms with Crippen molar-refractivity contribution in [3.63, 3.8) is 0 Å². The van der Waals surface area contributed by atoms with Gasteiger partial charge in [0, 0.05) is 11.6 Å². The Balaban J connectivity index is 2.10. The number of hydrogen-bond acceptors (Lipinski definition) is 4. The molecule has 9 heteroatoms. The fourth-order valence-electron chi connectivity index (χ4n) is 2.77. The lowest BCUT2D eigenvalue weighted by atomic mass is 10.1. The first-order valence-electron chi connectivity index (χ1n) is 8.77. The maximum Gasteiger partial charge on any atom is 0.418 e. The van der Waals surface area contributed by atoms with Crippen molar-refractivity contribution in [2.75, 3.05) is 32.6 Å². The van der Waals surface area contributed by atoms with E-state index in [1.807, 2.05) is 13.0 Å². The smallest absolute Gasteiger partial charge is 0.418 e. The summed E-state index contributed by atoms with van der Waals surface area (Å²) in [6, 6.07) is 8.62. The highest BCUT2D eigenvalue weighted by Crippen LogP contribution is 2.36. The molecule has 0 aliphatic rings. The molecule has 0 aliphatic heterocycles. The van der Waals surface area contributed by atoms with Gasteiger partial charge in [-0.15, -0.1) is 0 Å². The lowest BCUT2D eigenvalue weighted by molar-refractivity contribution is -0.137. The Morgan fingerprint density at radius 3 is 2.38 bits per heavy atom. The molecule has 0 fully saturated rings. The molecule has 0 bridgehead atoms. The summed E-state index contributed by atoms with van der Waals surface area (Å²) in [7, 11) is 3.06. The average molecular weight is 431 g/mol. The topological polar surface area (TPSA) is 50.8 Å². The summed E-state index contributed by atoms with van der Waals surface area (Å²) in [4.78, 5) is 14.2. The van der Waals surface area contributed by atoms with E-state index in [4.69, 9.17) is 21.1 Å². The Morgan fingerprint density at radius 2 is 1.79 bits per heavy atom. The van der Waals surface area contributed by atoms with Gasteiger partial charge in [-0.1, -0.05) is 24.6 Å². The largest absolute Gasteiger partial charge is 0.493 e. The van der Waals surface area contributed by atoms with Crippen LogP contribution in [0.3, 0.4) is 0 Å². The molecule has 1 N–H and O–H groups in total. The van der Waals surface area contributed by atoms with Crippen LogP contribution >= 0.6 is 11.6 Å². The molecule has 0 aromatic heterocycles. The van der Waals surface area contributed by atoms with Crippen LogP contribution in [-0.4, -0.2) is 38.1 Å². The van der Waals surface area contributed by atoms with E-state index in [2.05, 4.69) is 5.32 Å². The monoisotopic (exact) mass is 430 g/mol. The Bertz CT molecular complexity index is 859. The van der Waals surface area contributed by atoms with Crippen LogP contribution in [0.5, 0.6) is 11.5 Å². The van der Waals surface area contributed by atoms with Crippen molar-refractivity contribution in [1.29, 1.82) is 0 Å². The first-order chi connectivity index (χ1) is 13.7. The second kappa shape index (κ2) is 9.84. The Morgan fingerprint density at radius 1 is 1.10 bits per heavy atom. The molecule has 2 rings (SSSR count). The third-order valence-corrected chi connectivity index (χ3v) is 4.46. The summed E-state index contributed by atoms with van der Waals surface area (Å²) in [5.74, 6) is 0.584. The van der Waals surface area contributed by atoms with Crippen molar-refractivity contribution in [3.05, 3.63) is 52.5 Å². The second-order valence-corrected chi connectivity index (χ2v) is 6.66. The fraction of sp³-hybridized carbons (Fsp3) is 0.350. The van der Waals surface area contributed by atoms with Crippen molar-refractivity contribution < 1.29 is 27.4 Å². The minimum Gasteiger partial charge on any atom is -0.493 e. The number of ether oxygens (including phenoxy) is 2. The standard InChI is InChI=1S/C20H22ClF3N2O3/c1-4-26(11-13-5-8-17(28-2)18(9-13)29-3)12-19(27)25-16-7-6-14(21)10-15(16)20(22,23)24/h5-10H,4,11-12H2,1-3H3,(H,25,27). The molecule has 0 unspecified atom stereocenters. The maximum absolute atomic E-state index is 13.2. The minimum atomic E-state index is -4.63. The first-order valence-corrected chi connectivity index (χ1v) is 9.15. The molecule has 0 saturated carbocycles. The van der Waals surface area contributed by atoms with Crippen LogP contribution in [0, 0.1) is 0 Å². The number of rotatable bonds is 8. The number of benzene rings is 2. The first kappa shape index (κ1) is 22.8. The van der Waals surface area contributed by atoms with Crippen LogP contribution in [0.1, 0.15) is 18.1 Å². The predicted octanol–water partition coefficient (Wildman–Crippen LogP) is 4.84. The maximum atomic E-state index is 13.2. The molecule has 0 aliphatic carbocycles. The molecule has 158 valence electrons. The number of hydrogen-bond donors (Lipinski definition) is 1. The average Bonchev–Trinajstić information content (AvgIpc) is 2.67. The zero-order chi connectivity index (χ0) is 21.6. The number of likely N-dealkylation sites (N-methyl/N-ethyl adjacent to an activating group) is 1. The number of anilines is 1. The number of carbonyl (C=O) groups is 1. The number of amides is 1. The number of nitrogens with zero attached hydrogens (tertiary/aromatic N) is 1. The molecular formula is C20H22ClF3N2O3. The summed E-state index contributed by atoms with van der Waals surface area (Å²) in [6.45, 7) is 2.72. The molecule has 29 heavy (non-hydrogen) atoms. The van der Waals surface area contributed by atoms with Gasteiger partial charge in [0.1, 0.15) is 0 Å². The van der Waals surface area contributed by atoms with E-state index in [9.17, 15) is 18.0 Å². The summed E-state index contributed by atoms with van der Waals surface area (Å²) in [5, 5.41) is 2.28. The van der Waals surface area contributed by atoms with Gasteiger partial charge in [-0.05, 0) is 42.4 Å². The molecule has 0 spiro atoms. The van der Waals surface area contributed by atoms with Crippen LogP contribution in [0.15, 0.2) is 36.4 Å². The van der Waals surface area contributed by atoms with Crippen molar-refractivity contribution in [2.45, 2.75) is 19.6 Å². The molecular weight excluding hydrogens is 409 g/mol. The molecule has 2 aromatic rings. The number of carbonyl (C=O) groups excluding carboxylic acids is 1. The molecule has 1 amide bonds. The predicted molar refractivity (Wildman–Crippen MR) is 106 cm³/mol.